The Kier molecular flexibility index (Phi) is 2.44. The Labute approximate surface area is 102 Å². The van der Waals surface area contributed by atoms with Crippen LogP contribution in [0.1, 0.15) is 18.4 Å². The first-order valence-corrected chi connectivity index (χ1v) is 6.32. The summed E-state index contributed by atoms with van der Waals surface area (Å²) in [6, 6.07) is 6.69. The van der Waals surface area contributed by atoms with E-state index < -0.39 is 0 Å². The fourth-order valence-corrected chi connectivity index (χ4v) is 3.02. The van der Waals surface area contributed by atoms with Crippen molar-refractivity contribution in [3.05, 3.63) is 40.9 Å². The van der Waals surface area contributed by atoms with Crippen LogP contribution in [0.5, 0.6) is 0 Å². The van der Waals surface area contributed by atoms with E-state index in [1.54, 1.807) is 0 Å². The Hall–Kier alpha value is -0.950. The molecule has 0 spiro atoms. The van der Waals surface area contributed by atoms with E-state index in [1.165, 1.54) is 18.5 Å². The van der Waals surface area contributed by atoms with Gasteiger partial charge < -0.3 is 5.32 Å². The molecule has 2 heteroatoms. The molecule has 2 aliphatic rings. The van der Waals surface area contributed by atoms with E-state index in [4.69, 9.17) is 11.6 Å². The molecule has 1 nitrogen and oxygen atoms in total. The second kappa shape index (κ2) is 3.81. The summed E-state index contributed by atoms with van der Waals surface area (Å²) in [7, 11) is 0. The van der Waals surface area contributed by atoms with Gasteiger partial charge in [0.25, 0.3) is 0 Å². The third-order valence-corrected chi connectivity index (χ3v) is 4.38. The van der Waals surface area contributed by atoms with Gasteiger partial charge in [-0.1, -0.05) is 29.8 Å². The summed E-state index contributed by atoms with van der Waals surface area (Å²) in [5, 5.41) is 4.47. The average Bonchev–Trinajstić information content (AvgIpc) is 2.62. The van der Waals surface area contributed by atoms with Gasteiger partial charge in [-0.25, -0.2) is 0 Å². The Morgan fingerprint density at radius 1 is 1.38 bits per heavy atom. The quantitative estimate of drug-likeness (QED) is 0.761. The minimum Gasteiger partial charge on any atom is -0.381 e. The Morgan fingerprint density at radius 3 is 3.06 bits per heavy atom. The van der Waals surface area contributed by atoms with Gasteiger partial charge in [-0.05, 0) is 43.4 Å². The van der Waals surface area contributed by atoms with Crippen molar-refractivity contribution in [1.82, 2.24) is 0 Å². The number of benzene rings is 1. The van der Waals surface area contributed by atoms with Crippen LogP contribution in [-0.4, -0.2) is 6.04 Å². The molecule has 0 heterocycles. The van der Waals surface area contributed by atoms with Gasteiger partial charge in [-0.2, -0.15) is 0 Å². The van der Waals surface area contributed by atoms with E-state index in [2.05, 4.69) is 30.5 Å². The highest BCUT2D eigenvalue weighted by Crippen LogP contribution is 2.44. The zero-order chi connectivity index (χ0) is 11.1. The van der Waals surface area contributed by atoms with Crippen molar-refractivity contribution in [1.29, 1.82) is 0 Å². The first kappa shape index (κ1) is 10.2. The zero-order valence-corrected chi connectivity index (χ0v) is 10.2. The molecule has 3 rings (SSSR count). The average molecular weight is 234 g/mol. The molecule has 3 unspecified atom stereocenters. The van der Waals surface area contributed by atoms with E-state index in [0.717, 1.165) is 22.4 Å². The number of halogens is 1. The topological polar surface area (TPSA) is 12.0 Å². The highest BCUT2D eigenvalue weighted by atomic mass is 35.5. The number of nitrogens with one attached hydrogen (secondary N) is 1. The molecule has 3 atom stereocenters. The van der Waals surface area contributed by atoms with Gasteiger partial charge in [0.2, 0.25) is 0 Å². The molecule has 1 saturated carbocycles. The molecule has 0 radical (unpaired) electrons. The normalized spacial score (nSPS) is 31.0. The van der Waals surface area contributed by atoms with Gasteiger partial charge in [0.1, 0.15) is 0 Å². The van der Waals surface area contributed by atoms with Crippen molar-refractivity contribution in [2.24, 2.45) is 11.8 Å². The van der Waals surface area contributed by atoms with Crippen LogP contribution in [-0.2, 0) is 0 Å². The van der Waals surface area contributed by atoms with Gasteiger partial charge in [0, 0.05) is 22.7 Å². The smallest absolute Gasteiger partial charge is 0.0455 e. The van der Waals surface area contributed by atoms with Gasteiger partial charge in [0.05, 0.1) is 0 Å². The maximum atomic E-state index is 6.12. The van der Waals surface area contributed by atoms with E-state index in [1.807, 2.05) is 12.1 Å². The summed E-state index contributed by atoms with van der Waals surface area (Å²) >= 11 is 6.12. The molecule has 0 aromatic heterocycles. The summed E-state index contributed by atoms with van der Waals surface area (Å²) in [6.45, 7) is 2.07. The van der Waals surface area contributed by atoms with Crippen molar-refractivity contribution in [3.63, 3.8) is 0 Å². The first-order chi connectivity index (χ1) is 7.75. The fourth-order valence-electron chi connectivity index (χ4n) is 2.85. The second-order valence-corrected chi connectivity index (χ2v) is 5.31. The number of anilines is 1. The molecule has 0 saturated heterocycles. The van der Waals surface area contributed by atoms with E-state index in [-0.39, 0.29) is 0 Å². The van der Waals surface area contributed by atoms with Crippen molar-refractivity contribution in [3.8, 4) is 0 Å². The van der Waals surface area contributed by atoms with Crippen LogP contribution in [0.3, 0.4) is 0 Å². The van der Waals surface area contributed by atoms with E-state index >= 15 is 0 Å². The Morgan fingerprint density at radius 2 is 2.25 bits per heavy atom. The maximum absolute atomic E-state index is 6.12. The molecule has 0 amide bonds. The third-order valence-electron chi connectivity index (χ3n) is 3.97. The van der Waals surface area contributed by atoms with Crippen LogP contribution in [0.15, 0.2) is 30.4 Å². The molecule has 1 aromatic carbocycles. The number of rotatable bonds is 2. The largest absolute Gasteiger partial charge is 0.381 e. The van der Waals surface area contributed by atoms with Gasteiger partial charge in [-0.3, -0.25) is 0 Å². The summed E-state index contributed by atoms with van der Waals surface area (Å²) in [5.41, 5.74) is 2.35. The van der Waals surface area contributed by atoms with Gasteiger partial charge in [-0.15, -0.1) is 0 Å². The van der Waals surface area contributed by atoms with Gasteiger partial charge >= 0.3 is 0 Å². The number of hydrogen-bond acceptors (Lipinski definition) is 1. The van der Waals surface area contributed by atoms with Crippen molar-refractivity contribution >= 4 is 17.3 Å². The molecule has 2 aliphatic carbocycles. The monoisotopic (exact) mass is 233 g/mol. The van der Waals surface area contributed by atoms with E-state index in [0.29, 0.717) is 6.04 Å². The van der Waals surface area contributed by atoms with Crippen molar-refractivity contribution in [2.45, 2.75) is 25.8 Å². The highest BCUT2D eigenvalue weighted by Gasteiger charge is 2.40. The summed E-state index contributed by atoms with van der Waals surface area (Å²) in [6.07, 6.45) is 7.26. The minimum atomic E-state index is 0.612. The molecule has 0 aliphatic heterocycles. The van der Waals surface area contributed by atoms with Crippen molar-refractivity contribution < 1.29 is 0 Å². The lowest BCUT2D eigenvalue weighted by Crippen LogP contribution is -2.43. The van der Waals surface area contributed by atoms with Crippen LogP contribution >= 0.6 is 11.6 Å². The minimum absolute atomic E-state index is 0.612. The van der Waals surface area contributed by atoms with Crippen LogP contribution in [0.2, 0.25) is 5.02 Å². The maximum Gasteiger partial charge on any atom is 0.0455 e. The molecular formula is C14H16ClN. The molecule has 84 valence electrons. The molecule has 1 fully saturated rings. The predicted octanol–water partition coefficient (Wildman–Crippen LogP) is 4.02. The molecule has 16 heavy (non-hydrogen) atoms. The molecule has 0 bridgehead atoms. The number of fused-ring (bicyclic) bond motifs is 1. The van der Waals surface area contributed by atoms with Crippen LogP contribution < -0.4 is 5.32 Å². The summed E-state index contributed by atoms with van der Waals surface area (Å²) in [5.74, 6) is 1.65. The van der Waals surface area contributed by atoms with E-state index in [9.17, 15) is 0 Å². The summed E-state index contributed by atoms with van der Waals surface area (Å²) in [4.78, 5) is 0. The lowest BCUT2D eigenvalue weighted by atomic mass is 9.71. The standard InChI is InChI=1S/C14H16ClN/c1-9-12(15)6-3-7-13(9)16-14-8-10-4-2-5-11(10)14/h2-3,5-7,10-11,14,16H,4,8H2,1H3. The number of hydrogen-bond donors (Lipinski definition) is 1. The predicted molar refractivity (Wildman–Crippen MR) is 69.0 cm³/mol. The molecule has 1 aromatic rings. The fraction of sp³-hybridized carbons (Fsp3) is 0.429. The van der Waals surface area contributed by atoms with Crippen LogP contribution in [0.4, 0.5) is 5.69 Å². The lowest BCUT2D eigenvalue weighted by molar-refractivity contribution is 0.218. The van der Waals surface area contributed by atoms with Crippen LogP contribution in [0.25, 0.3) is 0 Å². The molecular weight excluding hydrogens is 218 g/mol. The Balaban J connectivity index is 1.75. The second-order valence-electron chi connectivity index (χ2n) is 4.90. The molecule has 1 N–H and O–H groups in total. The first-order valence-electron chi connectivity index (χ1n) is 5.94. The van der Waals surface area contributed by atoms with Crippen molar-refractivity contribution in [2.75, 3.05) is 5.32 Å². The number of allylic oxidation sites excluding steroid dienone is 1. The SMILES string of the molecule is Cc1c(Cl)cccc1NC1CC2CC=CC21. The third kappa shape index (κ3) is 1.54. The summed E-state index contributed by atoms with van der Waals surface area (Å²) < 4.78 is 0. The lowest BCUT2D eigenvalue weighted by Gasteiger charge is -2.41. The van der Waals surface area contributed by atoms with Crippen LogP contribution in [0, 0.1) is 18.8 Å². The zero-order valence-electron chi connectivity index (χ0n) is 9.41. The van der Waals surface area contributed by atoms with Gasteiger partial charge in [0.15, 0.2) is 0 Å². The Bertz CT molecular complexity index is 438. The highest BCUT2D eigenvalue weighted by molar-refractivity contribution is 6.31.